The highest BCUT2D eigenvalue weighted by molar-refractivity contribution is 5.98. The molecule has 0 unspecified atom stereocenters. The van der Waals surface area contributed by atoms with Crippen LogP contribution in [0.25, 0.3) is 22.6 Å². The summed E-state index contributed by atoms with van der Waals surface area (Å²) in [6.07, 6.45) is 3.77. The predicted molar refractivity (Wildman–Crippen MR) is 91.3 cm³/mol. The minimum absolute atomic E-state index is 0.548. The molecule has 3 aromatic rings. The summed E-state index contributed by atoms with van der Waals surface area (Å²) in [6, 6.07) is 15.7. The van der Waals surface area contributed by atoms with Crippen LogP contribution in [0.3, 0.4) is 0 Å². The van der Waals surface area contributed by atoms with Gasteiger partial charge in [-0.25, -0.2) is 0 Å². The third-order valence-electron chi connectivity index (χ3n) is 3.70. The monoisotopic (exact) mass is 304 g/mol. The predicted octanol–water partition coefficient (Wildman–Crippen LogP) is 4.25. The SMILES string of the molecule is COc1cc(OC)cc(C(C#N)=Cc2c[nH]c3ccccc23)c1. The standard InChI is InChI=1S/C19H16N2O2/c1-22-16-8-13(9-17(10-16)23-2)14(11-20)7-15-12-21-19-6-4-3-5-18(15)19/h3-10,12,21H,1-2H3. The fraction of sp³-hybridized carbons (Fsp3) is 0.105. The molecule has 0 bridgehead atoms. The molecule has 0 amide bonds. The fourth-order valence-electron chi connectivity index (χ4n) is 2.51. The molecule has 0 radical (unpaired) electrons. The number of rotatable bonds is 4. The summed E-state index contributed by atoms with van der Waals surface area (Å²) in [4.78, 5) is 3.21. The van der Waals surface area contributed by atoms with Gasteiger partial charge in [0.2, 0.25) is 0 Å². The number of aromatic nitrogens is 1. The molecule has 0 aliphatic heterocycles. The molecule has 0 aliphatic rings. The first kappa shape index (κ1) is 14.7. The van der Waals surface area contributed by atoms with E-state index in [2.05, 4.69) is 11.1 Å². The Morgan fingerprint density at radius 2 is 1.78 bits per heavy atom. The average Bonchev–Trinajstić information content (AvgIpc) is 3.02. The summed E-state index contributed by atoms with van der Waals surface area (Å²) in [5.41, 5.74) is 3.32. The van der Waals surface area contributed by atoms with Crippen molar-refractivity contribution in [1.82, 2.24) is 4.98 Å². The number of nitrogens with zero attached hydrogens (tertiary/aromatic N) is 1. The van der Waals surface area contributed by atoms with E-state index in [4.69, 9.17) is 9.47 Å². The van der Waals surface area contributed by atoms with E-state index >= 15 is 0 Å². The van der Waals surface area contributed by atoms with Crippen LogP contribution in [-0.4, -0.2) is 19.2 Å². The van der Waals surface area contributed by atoms with Crippen molar-refractivity contribution in [2.45, 2.75) is 0 Å². The topological polar surface area (TPSA) is 58.0 Å². The van der Waals surface area contributed by atoms with Gasteiger partial charge in [0, 0.05) is 28.7 Å². The number of allylic oxidation sites excluding steroid dienone is 1. The van der Waals surface area contributed by atoms with Crippen LogP contribution in [0.2, 0.25) is 0 Å². The van der Waals surface area contributed by atoms with Crippen LogP contribution in [0.1, 0.15) is 11.1 Å². The molecule has 0 fully saturated rings. The van der Waals surface area contributed by atoms with E-state index in [1.165, 1.54) is 0 Å². The number of nitriles is 1. The van der Waals surface area contributed by atoms with Gasteiger partial charge >= 0.3 is 0 Å². The van der Waals surface area contributed by atoms with Crippen LogP contribution in [0.5, 0.6) is 11.5 Å². The van der Waals surface area contributed by atoms with Gasteiger partial charge in [-0.1, -0.05) is 18.2 Å². The molecular formula is C19H16N2O2. The Kier molecular flexibility index (Phi) is 4.03. The molecule has 0 aliphatic carbocycles. The number of benzene rings is 2. The van der Waals surface area contributed by atoms with E-state index in [1.807, 2.05) is 48.7 Å². The van der Waals surface area contributed by atoms with Gasteiger partial charge in [-0.15, -0.1) is 0 Å². The Bertz CT molecular complexity index is 894. The summed E-state index contributed by atoms with van der Waals surface area (Å²) < 4.78 is 10.5. The molecule has 1 N–H and O–H groups in total. The van der Waals surface area contributed by atoms with Gasteiger partial charge in [-0.3, -0.25) is 0 Å². The lowest BCUT2D eigenvalue weighted by Gasteiger charge is -2.07. The second-order valence-electron chi connectivity index (χ2n) is 5.06. The number of para-hydroxylation sites is 1. The van der Waals surface area contributed by atoms with E-state index in [0.29, 0.717) is 17.1 Å². The maximum Gasteiger partial charge on any atom is 0.123 e. The summed E-state index contributed by atoms with van der Waals surface area (Å²) >= 11 is 0. The van der Waals surface area contributed by atoms with E-state index < -0.39 is 0 Å². The lowest BCUT2D eigenvalue weighted by Crippen LogP contribution is -1.90. The van der Waals surface area contributed by atoms with Gasteiger partial charge < -0.3 is 14.5 Å². The number of methoxy groups -OCH3 is 2. The third kappa shape index (κ3) is 2.90. The van der Waals surface area contributed by atoms with Gasteiger partial charge in [0.15, 0.2) is 0 Å². The van der Waals surface area contributed by atoms with Gasteiger partial charge in [-0.05, 0) is 29.8 Å². The molecular weight excluding hydrogens is 288 g/mol. The van der Waals surface area contributed by atoms with Gasteiger partial charge in [0.25, 0.3) is 0 Å². The number of H-pyrrole nitrogens is 1. The smallest absolute Gasteiger partial charge is 0.123 e. The van der Waals surface area contributed by atoms with Crippen LogP contribution < -0.4 is 9.47 Å². The van der Waals surface area contributed by atoms with Crippen molar-refractivity contribution >= 4 is 22.6 Å². The molecule has 0 atom stereocenters. The first-order valence-electron chi connectivity index (χ1n) is 7.16. The van der Waals surface area contributed by atoms with Crippen LogP contribution in [0.15, 0.2) is 48.7 Å². The minimum Gasteiger partial charge on any atom is -0.497 e. The van der Waals surface area contributed by atoms with Crippen molar-refractivity contribution in [3.8, 4) is 17.6 Å². The number of hydrogen-bond donors (Lipinski definition) is 1. The number of hydrogen-bond acceptors (Lipinski definition) is 3. The Morgan fingerprint density at radius 1 is 1.09 bits per heavy atom. The highest BCUT2D eigenvalue weighted by Crippen LogP contribution is 2.29. The van der Waals surface area contributed by atoms with Crippen LogP contribution in [0, 0.1) is 11.3 Å². The Morgan fingerprint density at radius 3 is 2.43 bits per heavy atom. The quantitative estimate of drug-likeness (QED) is 0.733. The molecule has 0 saturated heterocycles. The zero-order chi connectivity index (χ0) is 16.2. The second-order valence-corrected chi connectivity index (χ2v) is 5.06. The summed E-state index contributed by atoms with van der Waals surface area (Å²) in [6.45, 7) is 0. The number of aromatic amines is 1. The van der Waals surface area contributed by atoms with Crippen molar-refractivity contribution in [3.05, 3.63) is 59.8 Å². The molecule has 114 valence electrons. The van der Waals surface area contributed by atoms with E-state index in [9.17, 15) is 5.26 Å². The maximum absolute atomic E-state index is 9.57. The minimum atomic E-state index is 0.548. The molecule has 2 aromatic carbocycles. The lowest BCUT2D eigenvalue weighted by molar-refractivity contribution is 0.394. The van der Waals surface area contributed by atoms with Gasteiger partial charge in [0.1, 0.15) is 11.5 Å². The van der Waals surface area contributed by atoms with Crippen molar-refractivity contribution in [3.63, 3.8) is 0 Å². The summed E-state index contributed by atoms with van der Waals surface area (Å²) in [7, 11) is 3.18. The normalized spacial score (nSPS) is 11.3. The number of ether oxygens (including phenoxy) is 2. The zero-order valence-electron chi connectivity index (χ0n) is 13.0. The second kappa shape index (κ2) is 6.29. The number of fused-ring (bicyclic) bond motifs is 1. The Balaban J connectivity index is 2.11. The Hall–Kier alpha value is -3.19. The number of nitrogens with one attached hydrogen (secondary N) is 1. The first-order chi connectivity index (χ1) is 11.2. The third-order valence-corrected chi connectivity index (χ3v) is 3.70. The molecule has 1 aromatic heterocycles. The van der Waals surface area contributed by atoms with Crippen molar-refractivity contribution < 1.29 is 9.47 Å². The van der Waals surface area contributed by atoms with Crippen LogP contribution >= 0.6 is 0 Å². The Labute approximate surface area is 134 Å². The molecule has 4 nitrogen and oxygen atoms in total. The molecule has 3 rings (SSSR count). The molecule has 4 heteroatoms. The van der Waals surface area contributed by atoms with Crippen molar-refractivity contribution in [2.24, 2.45) is 0 Å². The average molecular weight is 304 g/mol. The van der Waals surface area contributed by atoms with E-state index in [-0.39, 0.29) is 0 Å². The molecule has 1 heterocycles. The highest BCUT2D eigenvalue weighted by Gasteiger charge is 2.08. The zero-order valence-corrected chi connectivity index (χ0v) is 13.0. The summed E-state index contributed by atoms with van der Waals surface area (Å²) in [5, 5.41) is 10.6. The van der Waals surface area contributed by atoms with Crippen molar-refractivity contribution in [1.29, 1.82) is 5.26 Å². The van der Waals surface area contributed by atoms with E-state index in [0.717, 1.165) is 22.0 Å². The first-order valence-corrected chi connectivity index (χ1v) is 7.16. The van der Waals surface area contributed by atoms with Gasteiger partial charge in [-0.2, -0.15) is 5.26 Å². The van der Waals surface area contributed by atoms with Crippen LogP contribution in [0.4, 0.5) is 0 Å². The molecule has 0 saturated carbocycles. The lowest BCUT2D eigenvalue weighted by atomic mass is 10.0. The van der Waals surface area contributed by atoms with Gasteiger partial charge in [0.05, 0.1) is 25.9 Å². The van der Waals surface area contributed by atoms with Crippen LogP contribution in [-0.2, 0) is 0 Å². The molecule has 23 heavy (non-hydrogen) atoms. The van der Waals surface area contributed by atoms with Crippen molar-refractivity contribution in [2.75, 3.05) is 14.2 Å². The fourth-order valence-corrected chi connectivity index (χ4v) is 2.51. The summed E-state index contributed by atoms with van der Waals surface area (Å²) in [5.74, 6) is 1.30. The molecule has 0 spiro atoms. The van der Waals surface area contributed by atoms with E-state index in [1.54, 1.807) is 20.3 Å². The largest absolute Gasteiger partial charge is 0.497 e. The maximum atomic E-state index is 9.57. The highest BCUT2D eigenvalue weighted by atomic mass is 16.5.